The van der Waals surface area contributed by atoms with E-state index in [2.05, 4.69) is 5.32 Å². The second-order valence-electron chi connectivity index (χ2n) is 8.37. The number of carbonyl (C=O) groups is 1. The molecule has 0 radical (unpaired) electrons. The lowest BCUT2D eigenvalue weighted by Gasteiger charge is -2.32. The number of carbonyl (C=O) groups excluding carboxylic acids is 1. The van der Waals surface area contributed by atoms with E-state index in [-0.39, 0.29) is 24.2 Å². The average Bonchev–Trinajstić information content (AvgIpc) is 2.59. The van der Waals surface area contributed by atoms with E-state index in [1.807, 2.05) is 73.6 Å². The molecule has 1 aromatic rings. The van der Waals surface area contributed by atoms with Crippen molar-refractivity contribution in [1.29, 1.82) is 0 Å². The van der Waals surface area contributed by atoms with Gasteiger partial charge in [-0.2, -0.15) is 0 Å². The van der Waals surface area contributed by atoms with Crippen LogP contribution < -0.4 is 10.8 Å². The second kappa shape index (κ2) is 5.64. The summed E-state index contributed by atoms with van der Waals surface area (Å²) in [5, 5.41) is 2.98. The summed E-state index contributed by atoms with van der Waals surface area (Å²) < 4.78 is 12.1. The van der Waals surface area contributed by atoms with Gasteiger partial charge in [0.2, 0.25) is 5.91 Å². The first-order valence-electron chi connectivity index (χ1n) is 8.11. The first-order chi connectivity index (χ1) is 10.3. The zero-order valence-corrected chi connectivity index (χ0v) is 15.5. The molecule has 23 heavy (non-hydrogen) atoms. The van der Waals surface area contributed by atoms with Gasteiger partial charge in [0.15, 0.2) is 0 Å². The van der Waals surface area contributed by atoms with E-state index >= 15 is 0 Å². The summed E-state index contributed by atoms with van der Waals surface area (Å²) in [7, 11) is -0.383. The summed E-state index contributed by atoms with van der Waals surface area (Å²) in [6.45, 7) is 15.8. The summed E-state index contributed by atoms with van der Waals surface area (Å²) >= 11 is 0. The quantitative estimate of drug-likeness (QED) is 0.852. The van der Waals surface area contributed by atoms with Crippen molar-refractivity contribution >= 4 is 24.2 Å². The minimum Gasteiger partial charge on any atom is -0.399 e. The van der Waals surface area contributed by atoms with Crippen molar-refractivity contribution < 1.29 is 14.1 Å². The average molecular weight is 317 g/mol. The highest BCUT2D eigenvalue weighted by molar-refractivity contribution is 6.62. The van der Waals surface area contributed by atoms with Crippen molar-refractivity contribution in [3.8, 4) is 0 Å². The Morgan fingerprint density at radius 2 is 1.61 bits per heavy atom. The van der Waals surface area contributed by atoms with Gasteiger partial charge in [-0.1, -0.05) is 32.9 Å². The third-order valence-electron chi connectivity index (χ3n) is 4.71. The third-order valence-corrected chi connectivity index (χ3v) is 4.71. The monoisotopic (exact) mass is 317 g/mol. The minimum atomic E-state index is -0.420. The number of benzene rings is 1. The zero-order chi connectivity index (χ0) is 17.6. The molecule has 0 atom stereocenters. The van der Waals surface area contributed by atoms with Crippen LogP contribution in [0, 0.1) is 12.3 Å². The Hall–Kier alpha value is -1.33. The van der Waals surface area contributed by atoms with Crippen molar-refractivity contribution in [1.82, 2.24) is 0 Å². The van der Waals surface area contributed by atoms with Crippen LogP contribution in [0.2, 0.25) is 0 Å². The van der Waals surface area contributed by atoms with Crippen LogP contribution in [0.5, 0.6) is 0 Å². The second-order valence-corrected chi connectivity index (χ2v) is 8.37. The predicted octanol–water partition coefficient (Wildman–Crippen LogP) is 3.28. The van der Waals surface area contributed by atoms with Gasteiger partial charge in [-0.25, -0.2) is 0 Å². The van der Waals surface area contributed by atoms with Gasteiger partial charge in [-0.15, -0.1) is 0 Å². The lowest BCUT2D eigenvalue weighted by molar-refractivity contribution is -0.123. The van der Waals surface area contributed by atoms with Crippen LogP contribution in [-0.4, -0.2) is 24.2 Å². The van der Waals surface area contributed by atoms with E-state index < -0.39 is 5.41 Å². The van der Waals surface area contributed by atoms with Crippen LogP contribution in [-0.2, 0) is 14.1 Å². The van der Waals surface area contributed by atoms with Gasteiger partial charge < -0.3 is 14.6 Å². The molecule has 2 rings (SSSR count). The molecular formula is C18H28BNO3. The molecule has 1 heterocycles. The molecule has 1 aliphatic heterocycles. The van der Waals surface area contributed by atoms with E-state index in [0.29, 0.717) is 0 Å². The molecule has 4 nitrogen and oxygen atoms in total. The fourth-order valence-electron chi connectivity index (χ4n) is 2.26. The Bertz CT molecular complexity index is 601. The van der Waals surface area contributed by atoms with Gasteiger partial charge in [0.1, 0.15) is 0 Å². The van der Waals surface area contributed by atoms with Crippen molar-refractivity contribution in [2.75, 3.05) is 5.32 Å². The first-order valence-corrected chi connectivity index (χ1v) is 8.11. The van der Waals surface area contributed by atoms with Crippen LogP contribution in [0.3, 0.4) is 0 Å². The highest BCUT2D eigenvalue weighted by Crippen LogP contribution is 2.36. The Balaban J connectivity index is 2.19. The third kappa shape index (κ3) is 3.61. The smallest absolute Gasteiger partial charge is 0.399 e. The number of hydrogen-bond donors (Lipinski definition) is 1. The van der Waals surface area contributed by atoms with Gasteiger partial charge in [-0.3, -0.25) is 4.79 Å². The summed E-state index contributed by atoms with van der Waals surface area (Å²) in [5.74, 6) is 0.00369. The maximum absolute atomic E-state index is 12.1. The molecule has 1 aliphatic rings. The molecule has 1 saturated heterocycles. The number of amides is 1. The van der Waals surface area contributed by atoms with Crippen LogP contribution in [0.15, 0.2) is 18.2 Å². The van der Waals surface area contributed by atoms with E-state index in [4.69, 9.17) is 9.31 Å². The molecular weight excluding hydrogens is 289 g/mol. The van der Waals surface area contributed by atoms with E-state index in [1.54, 1.807) is 0 Å². The van der Waals surface area contributed by atoms with Gasteiger partial charge >= 0.3 is 7.12 Å². The molecule has 5 heteroatoms. The maximum atomic E-state index is 12.1. The van der Waals surface area contributed by atoms with Gasteiger partial charge in [0.05, 0.1) is 11.2 Å². The molecule has 0 spiro atoms. The van der Waals surface area contributed by atoms with Crippen LogP contribution in [0.4, 0.5) is 5.69 Å². The minimum absolute atomic E-state index is 0.00369. The number of hydrogen-bond acceptors (Lipinski definition) is 3. The van der Waals surface area contributed by atoms with E-state index in [9.17, 15) is 4.79 Å². The molecule has 0 aliphatic carbocycles. The number of nitrogens with one attached hydrogen (secondary N) is 1. The van der Waals surface area contributed by atoms with Crippen LogP contribution in [0.25, 0.3) is 0 Å². The molecule has 1 aromatic carbocycles. The Kier molecular flexibility index (Phi) is 4.42. The Morgan fingerprint density at radius 3 is 2.04 bits per heavy atom. The predicted molar refractivity (Wildman–Crippen MR) is 95.0 cm³/mol. The SMILES string of the molecule is Cc1cc(B2OC(C)(C)C(C)(C)O2)ccc1NC(=O)C(C)(C)C. The maximum Gasteiger partial charge on any atom is 0.494 e. The summed E-state index contributed by atoms with van der Waals surface area (Å²) in [6, 6.07) is 5.88. The highest BCUT2D eigenvalue weighted by atomic mass is 16.7. The largest absolute Gasteiger partial charge is 0.494 e. The lowest BCUT2D eigenvalue weighted by atomic mass is 9.78. The highest BCUT2D eigenvalue weighted by Gasteiger charge is 2.51. The zero-order valence-electron chi connectivity index (χ0n) is 15.5. The normalized spacial score (nSPS) is 19.7. The number of aryl methyl sites for hydroxylation is 1. The summed E-state index contributed by atoms with van der Waals surface area (Å²) in [6.07, 6.45) is 0. The van der Waals surface area contributed by atoms with Gasteiger partial charge in [0, 0.05) is 11.1 Å². The van der Waals surface area contributed by atoms with Crippen molar-refractivity contribution in [3.63, 3.8) is 0 Å². The fraction of sp³-hybridized carbons (Fsp3) is 0.611. The molecule has 1 amide bonds. The van der Waals surface area contributed by atoms with Crippen molar-refractivity contribution in [3.05, 3.63) is 23.8 Å². The first kappa shape index (κ1) is 18.0. The Labute approximate surface area is 140 Å². The number of anilines is 1. The number of rotatable bonds is 2. The molecule has 126 valence electrons. The van der Waals surface area contributed by atoms with Crippen LogP contribution in [0.1, 0.15) is 54.0 Å². The van der Waals surface area contributed by atoms with E-state index in [0.717, 1.165) is 16.7 Å². The summed E-state index contributed by atoms with van der Waals surface area (Å²) in [4.78, 5) is 12.1. The molecule has 1 N–H and O–H groups in total. The van der Waals surface area contributed by atoms with Gasteiger partial charge in [-0.05, 0) is 51.7 Å². The van der Waals surface area contributed by atoms with Crippen LogP contribution >= 0.6 is 0 Å². The lowest BCUT2D eigenvalue weighted by Crippen LogP contribution is -2.41. The fourth-order valence-corrected chi connectivity index (χ4v) is 2.26. The van der Waals surface area contributed by atoms with Crippen molar-refractivity contribution in [2.45, 2.75) is 66.6 Å². The Morgan fingerprint density at radius 1 is 1.09 bits per heavy atom. The molecule has 0 aromatic heterocycles. The van der Waals surface area contributed by atoms with E-state index in [1.165, 1.54) is 0 Å². The standard InChI is InChI=1S/C18H28BNO3/c1-12-11-13(19-22-17(5,6)18(7,8)23-19)9-10-14(12)20-15(21)16(2,3)4/h9-11H,1-8H3,(H,20,21). The van der Waals surface area contributed by atoms with Gasteiger partial charge in [0.25, 0.3) is 0 Å². The van der Waals surface area contributed by atoms with Crippen molar-refractivity contribution in [2.24, 2.45) is 5.41 Å². The molecule has 0 unspecified atom stereocenters. The molecule has 0 saturated carbocycles. The summed E-state index contributed by atoms with van der Waals surface area (Å²) in [5.41, 5.74) is 1.65. The topological polar surface area (TPSA) is 47.6 Å². The molecule has 1 fully saturated rings. The molecule has 0 bridgehead atoms.